The molecule has 21 heavy (non-hydrogen) atoms. The molecular weight excluding hydrogens is 270 g/mol. The number of aryl methyl sites for hydroxylation is 1. The number of alkyl halides is 1. The number of piperidine rings is 1. The van der Waals surface area contributed by atoms with Crippen LogP contribution in [0.5, 0.6) is 0 Å². The molecule has 2 heterocycles. The Morgan fingerprint density at radius 2 is 2.19 bits per heavy atom. The molecule has 0 amide bonds. The van der Waals surface area contributed by atoms with Gasteiger partial charge in [0.25, 0.3) is 0 Å². The van der Waals surface area contributed by atoms with Gasteiger partial charge in [-0.2, -0.15) is 0 Å². The van der Waals surface area contributed by atoms with Gasteiger partial charge in [0, 0.05) is 23.6 Å². The number of H-pyrrole nitrogens is 1. The van der Waals surface area contributed by atoms with Gasteiger partial charge >= 0.3 is 0 Å². The van der Waals surface area contributed by atoms with Gasteiger partial charge in [-0.25, -0.2) is 8.78 Å². The zero-order valence-corrected chi connectivity index (χ0v) is 12.2. The van der Waals surface area contributed by atoms with E-state index in [0.717, 1.165) is 56.1 Å². The van der Waals surface area contributed by atoms with Gasteiger partial charge < -0.3 is 9.88 Å². The summed E-state index contributed by atoms with van der Waals surface area (Å²) in [5.41, 5.74) is 2.16. The highest BCUT2D eigenvalue weighted by atomic mass is 19.1. The van der Waals surface area contributed by atoms with Crippen LogP contribution < -0.4 is 0 Å². The summed E-state index contributed by atoms with van der Waals surface area (Å²) in [5.74, 6) is -0.189. The highest BCUT2D eigenvalue weighted by Gasteiger charge is 2.18. The summed E-state index contributed by atoms with van der Waals surface area (Å²) in [4.78, 5) is 5.41. The topological polar surface area (TPSA) is 19.0 Å². The van der Waals surface area contributed by atoms with E-state index >= 15 is 0 Å². The van der Waals surface area contributed by atoms with E-state index in [1.54, 1.807) is 12.1 Å². The first-order valence-electron chi connectivity index (χ1n) is 7.84. The molecule has 1 aromatic heterocycles. The molecule has 0 radical (unpaired) electrons. The largest absolute Gasteiger partial charge is 0.361 e. The molecule has 1 N–H and O–H groups in total. The summed E-state index contributed by atoms with van der Waals surface area (Å²) in [5, 5.41) is 0.983. The lowest BCUT2D eigenvalue weighted by molar-refractivity contribution is 0.137. The van der Waals surface area contributed by atoms with Gasteiger partial charge in [0.05, 0.1) is 0 Å². The molecule has 1 atom stereocenters. The molecule has 0 aliphatic carbocycles. The van der Waals surface area contributed by atoms with Gasteiger partial charge in [-0.3, -0.25) is 0 Å². The lowest BCUT2D eigenvalue weighted by Crippen LogP contribution is -2.36. The SMILES string of the molecule is Fc1ccc2[nH]cc(CCCCN3CCCC(F)C3)c2c1. The third kappa shape index (κ3) is 3.62. The number of aromatic amines is 1. The lowest BCUT2D eigenvalue weighted by Gasteiger charge is -2.28. The fraction of sp³-hybridized carbons (Fsp3) is 0.529. The molecule has 114 valence electrons. The van der Waals surface area contributed by atoms with Crippen molar-refractivity contribution >= 4 is 10.9 Å². The van der Waals surface area contributed by atoms with Crippen LogP contribution in [0.4, 0.5) is 8.78 Å². The first kappa shape index (κ1) is 14.5. The van der Waals surface area contributed by atoms with Crippen LogP contribution >= 0.6 is 0 Å². The van der Waals surface area contributed by atoms with Crippen LogP contribution in [0.15, 0.2) is 24.4 Å². The van der Waals surface area contributed by atoms with Crippen LogP contribution in [-0.2, 0) is 6.42 Å². The number of rotatable bonds is 5. The normalized spacial score (nSPS) is 20.2. The maximum Gasteiger partial charge on any atom is 0.123 e. The van der Waals surface area contributed by atoms with Crippen molar-refractivity contribution in [1.82, 2.24) is 9.88 Å². The van der Waals surface area contributed by atoms with Gasteiger partial charge in [-0.05, 0) is 69.0 Å². The number of nitrogens with zero attached hydrogens (tertiary/aromatic N) is 1. The summed E-state index contributed by atoms with van der Waals surface area (Å²) in [6.45, 7) is 2.59. The summed E-state index contributed by atoms with van der Waals surface area (Å²) >= 11 is 0. The highest BCUT2D eigenvalue weighted by molar-refractivity contribution is 5.83. The molecule has 4 heteroatoms. The summed E-state index contributed by atoms with van der Waals surface area (Å²) in [6, 6.07) is 4.86. The minimum absolute atomic E-state index is 0.189. The second-order valence-corrected chi connectivity index (χ2v) is 6.00. The number of hydrogen-bond acceptors (Lipinski definition) is 1. The quantitative estimate of drug-likeness (QED) is 0.823. The lowest BCUT2D eigenvalue weighted by atomic mass is 10.1. The van der Waals surface area contributed by atoms with E-state index in [9.17, 15) is 8.78 Å². The molecule has 1 unspecified atom stereocenters. The predicted octanol–water partition coefficient (Wildman–Crippen LogP) is 4.06. The standard InChI is InChI=1S/C17H22F2N2/c18-14-6-7-17-16(10-14)13(11-20-17)4-1-2-8-21-9-3-5-15(19)12-21/h6-7,10-11,15,20H,1-5,8-9,12H2. The van der Waals surface area contributed by atoms with Crippen molar-refractivity contribution in [2.75, 3.05) is 19.6 Å². The minimum Gasteiger partial charge on any atom is -0.361 e. The van der Waals surface area contributed by atoms with Crippen molar-refractivity contribution in [3.63, 3.8) is 0 Å². The highest BCUT2D eigenvalue weighted by Crippen LogP contribution is 2.21. The van der Waals surface area contributed by atoms with Crippen molar-refractivity contribution in [1.29, 1.82) is 0 Å². The van der Waals surface area contributed by atoms with Crippen LogP contribution in [0.25, 0.3) is 10.9 Å². The van der Waals surface area contributed by atoms with Crippen molar-refractivity contribution in [2.45, 2.75) is 38.3 Å². The molecule has 1 fully saturated rings. The fourth-order valence-electron chi connectivity index (χ4n) is 3.21. The molecule has 0 saturated carbocycles. The van der Waals surface area contributed by atoms with Gasteiger partial charge in [-0.15, -0.1) is 0 Å². The van der Waals surface area contributed by atoms with E-state index in [2.05, 4.69) is 9.88 Å². The Morgan fingerprint density at radius 1 is 1.29 bits per heavy atom. The Hall–Kier alpha value is -1.42. The number of aromatic nitrogens is 1. The number of likely N-dealkylation sites (tertiary alicyclic amines) is 1. The molecule has 0 spiro atoms. The predicted molar refractivity (Wildman–Crippen MR) is 81.8 cm³/mol. The van der Waals surface area contributed by atoms with Crippen LogP contribution in [0, 0.1) is 5.82 Å². The number of hydrogen-bond donors (Lipinski definition) is 1. The van der Waals surface area contributed by atoms with E-state index in [0.29, 0.717) is 6.54 Å². The van der Waals surface area contributed by atoms with E-state index in [-0.39, 0.29) is 5.82 Å². The molecular formula is C17H22F2N2. The molecule has 1 saturated heterocycles. The second kappa shape index (κ2) is 6.56. The van der Waals surface area contributed by atoms with E-state index in [1.807, 2.05) is 6.20 Å². The monoisotopic (exact) mass is 292 g/mol. The Labute approximate surface area is 124 Å². The van der Waals surface area contributed by atoms with Gasteiger partial charge in [0.15, 0.2) is 0 Å². The van der Waals surface area contributed by atoms with E-state index < -0.39 is 6.17 Å². The maximum atomic E-state index is 13.3. The van der Waals surface area contributed by atoms with Crippen LogP contribution in [-0.4, -0.2) is 35.7 Å². The summed E-state index contributed by atoms with van der Waals surface area (Å²) in [6.07, 6.45) is 6.08. The van der Waals surface area contributed by atoms with Crippen molar-refractivity contribution in [3.8, 4) is 0 Å². The van der Waals surface area contributed by atoms with Gasteiger partial charge in [0.2, 0.25) is 0 Å². The van der Waals surface area contributed by atoms with Crippen molar-refractivity contribution < 1.29 is 8.78 Å². The number of fused-ring (bicyclic) bond motifs is 1. The molecule has 1 aromatic carbocycles. The fourth-order valence-corrected chi connectivity index (χ4v) is 3.21. The maximum absolute atomic E-state index is 13.3. The van der Waals surface area contributed by atoms with Gasteiger partial charge in [0.1, 0.15) is 12.0 Å². The molecule has 2 aromatic rings. The Bertz CT molecular complexity index is 593. The third-order valence-electron chi connectivity index (χ3n) is 4.35. The Kier molecular flexibility index (Phi) is 4.54. The smallest absolute Gasteiger partial charge is 0.123 e. The Morgan fingerprint density at radius 3 is 3.05 bits per heavy atom. The third-order valence-corrected chi connectivity index (χ3v) is 4.35. The summed E-state index contributed by atoms with van der Waals surface area (Å²) < 4.78 is 26.6. The number of nitrogens with one attached hydrogen (secondary N) is 1. The number of halogens is 2. The van der Waals surface area contributed by atoms with Crippen molar-refractivity contribution in [3.05, 3.63) is 35.8 Å². The minimum atomic E-state index is -0.643. The van der Waals surface area contributed by atoms with Crippen LogP contribution in [0.1, 0.15) is 31.2 Å². The van der Waals surface area contributed by atoms with Crippen LogP contribution in [0.3, 0.4) is 0 Å². The van der Waals surface area contributed by atoms with Gasteiger partial charge in [-0.1, -0.05) is 0 Å². The number of benzene rings is 1. The molecule has 1 aliphatic rings. The number of unbranched alkanes of at least 4 members (excludes halogenated alkanes) is 1. The first-order valence-corrected chi connectivity index (χ1v) is 7.84. The van der Waals surface area contributed by atoms with Crippen LogP contribution in [0.2, 0.25) is 0 Å². The average molecular weight is 292 g/mol. The molecule has 2 nitrogen and oxygen atoms in total. The zero-order valence-electron chi connectivity index (χ0n) is 12.2. The zero-order chi connectivity index (χ0) is 14.7. The summed E-state index contributed by atoms with van der Waals surface area (Å²) in [7, 11) is 0. The van der Waals surface area contributed by atoms with E-state index in [4.69, 9.17) is 0 Å². The molecule has 3 rings (SSSR count). The molecule has 1 aliphatic heterocycles. The Balaban J connectivity index is 1.49. The first-order chi connectivity index (χ1) is 10.2. The molecule has 0 bridgehead atoms. The second-order valence-electron chi connectivity index (χ2n) is 6.00. The average Bonchev–Trinajstić information content (AvgIpc) is 2.86. The van der Waals surface area contributed by atoms with Crippen molar-refractivity contribution in [2.24, 2.45) is 0 Å². The van der Waals surface area contributed by atoms with E-state index in [1.165, 1.54) is 11.6 Å².